The molecule has 0 bridgehead atoms. The van der Waals surface area contributed by atoms with Gasteiger partial charge in [-0.05, 0) is 79.2 Å². The van der Waals surface area contributed by atoms with Crippen LogP contribution in [0.4, 0.5) is 4.39 Å². The van der Waals surface area contributed by atoms with Crippen molar-refractivity contribution < 1.29 is 23.3 Å². The highest BCUT2D eigenvalue weighted by molar-refractivity contribution is 14.1. The van der Waals surface area contributed by atoms with Crippen LogP contribution >= 0.6 is 22.6 Å². The Morgan fingerprint density at radius 2 is 1.92 bits per heavy atom. The van der Waals surface area contributed by atoms with Crippen LogP contribution in [0.5, 0.6) is 23.1 Å². The smallest absolute Gasteiger partial charge is 0.230 e. The van der Waals surface area contributed by atoms with Gasteiger partial charge in [-0.15, -0.1) is 0 Å². The number of likely N-dealkylation sites (tertiary alicyclic amines) is 1. The monoisotopic (exact) mass is 618 g/mol. The minimum Gasteiger partial charge on any atom is -0.493 e. The lowest BCUT2D eigenvalue weighted by Crippen LogP contribution is -2.51. The maximum Gasteiger partial charge on any atom is 0.230 e. The molecule has 2 aromatic heterocycles. The van der Waals surface area contributed by atoms with E-state index in [2.05, 4.69) is 42.4 Å². The van der Waals surface area contributed by atoms with E-state index in [0.29, 0.717) is 45.3 Å². The second-order valence-corrected chi connectivity index (χ2v) is 11.0. The van der Waals surface area contributed by atoms with E-state index in [1.165, 1.54) is 19.2 Å². The van der Waals surface area contributed by atoms with Crippen molar-refractivity contribution in [3.05, 3.63) is 46.2 Å². The Morgan fingerprint density at radius 1 is 1.08 bits per heavy atom. The Labute approximate surface area is 227 Å². The molecule has 2 saturated heterocycles. The molecule has 0 atom stereocenters. The third-order valence-corrected chi connectivity index (χ3v) is 7.95. The number of ether oxygens (including phenoxy) is 4. The number of methoxy groups -OCH3 is 1. The average Bonchev–Trinajstić information content (AvgIpc) is 3.28. The number of hydrogen-bond acceptors (Lipinski definition) is 7. The largest absolute Gasteiger partial charge is 0.493 e. The molecule has 2 aromatic carbocycles. The summed E-state index contributed by atoms with van der Waals surface area (Å²) in [6.45, 7) is 5.68. The Bertz CT molecular complexity index is 1430. The number of benzene rings is 2. The summed E-state index contributed by atoms with van der Waals surface area (Å²) in [6.07, 6.45) is 4.76. The Hall–Kier alpha value is -2.70. The number of nitrogens with zero attached hydrogens (tertiary/aromatic N) is 3. The topological polar surface area (TPSA) is 81.7 Å². The third kappa shape index (κ3) is 4.94. The summed E-state index contributed by atoms with van der Waals surface area (Å²) in [5, 5.41) is 1.08. The normalized spacial score (nSPS) is 17.3. The van der Waals surface area contributed by atoms with Gasteiger partial charge in [0.05, 0.1) is 41.5 Å². The van der Waals surface area contributed by atoms with E-state index < -0.39 is 5.82 Å². The lowest BCUT2D eigenvalue weighted by molar-refractivity contribution is -0.139. The highest BCUT2D eigenvalue weighted by Crippen LogP contribution is 2.39. The summed E-state index contributed by atoms with van der Waals surface area (Å²) in [5.41, 5.74) is 1.79. The summed E-state index contributed by atoms with van der Waals surface area (Å²) < 4.78 is 39.0. The zero-order chi connectivity index (χ0) is 25.4. The van der Waals surface area contributed by atoms with Gasteiger partial charge in [0.25, 0.3) is 0 Å². The number of fused-ring (bicyclic) bond motifs is 2. The maximum atomic E-state index is 15.1. The Morgan fingerprint density at radius 3 is 2.68 bits per heavy atom. The molecule has 2 aliphatic rings. The van der Waals surface area contributed by atoms with Crippen LogP contribution in [0.1, 0.15) is 19.3 Å². The van der Waals surface area contributed by atoms with Gasteiger partial charge in [-0.25, -0.2) is 14.4 Å². The van der Waals surface area contributed by atoms with E-state index in [9.17, 15) is 0 Å². The van der Waals surface area contributed by atoms with Crippen molar-refractivity contribution in [3.8, 4) is 23.1 Å². The minimum atomic E-state index is -0.444. The number of hydrogen-bond donors (Lipinski definition) is 1. The number of halogens is 2. The molecule has 2 aliphatic heterocycles. The van der Waals surface area contributed by atoms with Crippen LogP contribution in [-0.4, -0.2) is 66.4 Å². The summed E-state index contributed by atoms with van der Waals surface area (Å²) >= 11 is 2.12. The lowest BCUT2D eigenvalue weighted by Gasteiger charge is -2.47. The third-order valence-electron chi connectivity index (χ3n) is 7.37. The van der Waals surface area contributed by atoms with Gasteiger partial charge in [0.15, 0.2) is 23.1 Å². The van der Waals surface area contributed by atoms with Crippen molar-refractivity contribution in [2.45, 2.75) is 19.3 Å². The van der Waals surface area contributed by atoms with Gasteiger partial charge in [0, 0.05) is 28.9 Å². The number of aromatic nitrogens is 3. The zero-order valence-electron chi connectivity index (χ0n) is 20.6. The second kappa shape index (κ2) is 10.2. The van der Waals surface area contributed by atoms with Gasteiger partial charge in [-0.1, -0.05) is 0 Å². The predicted molar refractivity (Wildman–Crippen MR) is 146 cm³/mol. The van der Waals surface area contributed by atoms with E-state index in [1.807, 2.05) is 6.07 Å². The standard InChI is InChI=1S/C27H28FIN4O4/c1-34-22-11-18-20(13-23(22)36-10-2-7-33-8-5-27(6-9-33)14-35-15-27)30-16-31-26(18)37-21-4-3-19-17(25(21)28)12-24(29)32-19/h3-4,11-13,16,32H,2,5-10,14-15H2,1H3. The first-order valence-corrected chi connectivity index (χ1v) is 13.5. The Kier molecular flexibility index (Phi) is 6.80. The van der Waals surface area contributed by atoms with Gasteiger partial charge in [-0.2, -0.15) is 0 Å². The van der Waals surface area contributed by atoms with Crippen molar-refractivity contribution in [3.63, 3.8) is 0 Å². The van der Waals surface area contributed by atoms with Crippen LogP contribution in [0.15, 0.2) is 36.7 Å². The lowest BCUT2D eigenvalue weighted by atomic mass is 9.77. The fraction of sp³-hybridized carbons (Fsp3) is 0.407. The number of rotatable bonds is 8. The summed E-state index contributed by atoms with van der Waals surface area (Å²) in [4.78, 5) is 14.3. The van der Waals surface area contributed by atoms with Crippen molar-refractivity contribution in [2.24, 2.45) is 5.41 Å². The van der Waals surface area contributed by atoms with Crippen LogP contribution in [0.25, 0.3) is 21.8 Å². The first-order valence-electron chi connectivity index (χ1n) is 12.4. The van der Waals surface area contributed by atoms with E-state index >= 15 is 4.39 Å². The molecule has 0 aliphatic carbocycles. The van der Waals surface area contributed by atoms with Gasteiger partial charge in [0.2, 0.25) is 5.88 Å². The van der Waals surface area contributed by atoms with E-state index in [0.717, 1.165) is 43.0 Å². The molecular formula is C27H28FIN4O4. The molecule has 4 aromatic rings. The molecule has 4 heterocycles. The van der Waals surface area contributed by atoms with Crippen molar-refractivity contribution in [1.82, 2.24) is 19.9 Å². The van der Waals surface area contributed by atoms with Crippen molar-refractivity contribution in [1.29, 1.82) is 0 Å². The van der Waals surface area contributed by atoms with Crippen molar-refractivity contribution >= 4 is 44.4 Å². The summed E-state index contributed by atoms with van der Waals surface area (Å²) in [5.74, 6) is 1.06. The van der Waals surface area contributed by atoms with Gasteiger partial charge in [0.1, 0.15) is 6.33 Å². The molecule has 2 fully saturated rings. The predicted octanol–water partition coefficient (Wildman–Crippen LogP) is 5.54. The number of H-pyrrole nitrogens is 1. The highest BCUT2D eigenvalue weighted by atomic mass is 127. The SMILES string of the molecule is COc1cc2c(Oc3ccc4[nH]c(I)cc4c3F)ncnc2cc1OCCCN1CCC2(CC1)COC2. The first kappa shape index (κ1) is 24.6. The second-order valence-electron chi connectivity index (χ2n) is 9.79. The van der Waals surface area contributed by atoms with Crippen molar-refractivity contribution in [2.75, 3.05) is 46.6 Å². The van der Waals surface area contributed by atoms with Crippen LogP contribution in [0, 0.1) is 14.9 Å². The van der Waals surface area contributed by atoms with Gasteiger partial charge >= 0.3 is 0 Å². The molecular weight excluding hydrogens is 590 g/mol. The van der Waals surface area contributed by atoms with Gasteiger partial charge < -0.3 is 28.8 Å². The molecule has 0 radical (unpaired) electrons. The molecule has 37 heavy (non-hydrogen) atoms. The van der Waals surface area contributed by atoms with E-state index in [-0.39, 0.29) is 11.6 Å². The molecule has 194 valence electrons. The summed E-state index contributed by atoms with van der Waals surface area (Å²) in [7, 11) is 1.59. The minimum absolute atomic E-state index is 0.0932. The van der Waals surface area contributed by atoms with Crippen LogP contribution < -0.4 is 14.2 Å². The van der Waals surface area contributed by atoms with E-state index in [4.69, 9.17) is 18.9 Å². The number of nitrogens with one attached hydrogen (secondary N) is 1. The quantitative estimate of drug-likeness (QED) is 0.205. The molecule has 10 heteroatoms. The summed E-state index contributed by atoms with van der Waals surface area (Å²) in [6, 6.07) is 8.72. The molecule has 0 amide bonds. The fourth-order valence-corrected chi connectivity index (χ4v) is 5.69. The number of aromatic amines is 1. The zero-order valence-corrected chi connectivity index (χ0v) is 22.7. The number of piperidine rings is 1. The highest BCUT2D eigenvalue weighted by Gasteiger charge is 2.40. The molecule has 8 nitrogen and oxygen atoms in total. The molecule has 0 unspecified atom stereocenters. The first-order chi connectivity index (χ1) is 18.0. The van der Waals surface area contributed by atoms with Crippen LogP contribution in [0.2, 0.25) is 0 Å². The van der Waals surface area contributed by atoms with Crippen LogP contribution in [-0.2, 0) is 4.74 Å². The molecule has 1 N–H and O–H groups in total. The van der Waals surface area contributed by atoms with E-state index in [1.54, 1.807) is 31.4 Å². The van der Waals surface area contributed by atoms with Crippen LogP contribution in [0.3, 0.4) is 0 Å². The molecule has 0 saturated carbocycles. The molecule has 6 rings (SSSR count). The van der Waals surface area contributed by atoms with Gasteiger partial charge in [-0.3, -0.25) is 0 Å². The molecule has 1 spiro atoms. The maximum absolute atomic E-state index is 15.1. The fourth-order valence-electron chi connectivity index (χ4n) is 5.09. The average molecular weight is 618 g/mol. The Balaban J connectivity index is 1.14.